The molecule has 1 unspecified atom stereocenters. The third-order valence-electron chi connectivity index (χ3n) is 4.11. The first-order valence-corrected chi connectivity index (χ1v) is 8.05. The van der Waals surface area contributed by atoms with Crippen LogP contribution in [0.4, 0.5) is 0 Å². The van der Waals surface area contributed by atoms with E-state index in [2.05, 4.69) is 5.16 Å². The van der Waals surface area contributed by atoms with Crippen LogP contribution in [0.25, 0.3) is 0 Å². The maximum Gasteiger partial charge on any atom is 0.261 e. The number of rotatable bonds is 4. The largest absolute Gasteiger partial charge is 0.465 e. The lowest BCUT2D eigenvalue weighted by atomic mass is 10.1. The van der Waals surface area contributed by atoms with Gasteiger partial charge in [-0.05, 0) is 44.0 Å². The van der Waals surface area contributed by atoms with Crippen LogP contribution in [0.2, 0.25) is 0 Å². The molecule has 0 radical (unpaired) electrons. The summed E-state index contributed by atoms with van der Waals surface area (Å²) in [6, 6.07) is 5.56. The number of amides is 1. The smallest absolute Gasteiger partial charge is 0.261 e. The molecule has 6 heteroatoms. The first-order valence-electron chi connectivity index (χ1n) is 8.05. The Balaban J connectivity index is 1.69. The summed E-state index contributed by atoms with van der Waals surface area (Å²) in [7, 11) is 0. The lowest BCUT2D eigenvalue weighted by Gasteiger charge is -2.28. The summed E-state index contributed by atoms with van der Waals surface area (Å²) in [4.78, 5) is 14.5. The van der Waals surface area contributed by atoms with Gasteiger partial charge in [-0.25, -0.2) is 0 Å². The molecule has 1 fully saturated rings. The molecule has 0 saturated carbocycles. The molecular formula is C17H22N2O4. The molecule has 0 aliphatic carbocycles. The molecule has 2 aromatic heterocycles. The number of carbonyl (C=O) groups is 1. The summed E-state index contributed by atoms with van der Waals surface area (Å²) >= 11 is 0. The first kappa shape index (κ1) is 15.6. The molecule has 0 bridgehead atoms. The maximum absolute atomic E-state index is 12.6. The van der Waals surface area contributed by atoms with Gasteiger partial charge in [-0.1, -0.05) is 12.8 Å². The van der Waals surface area contributed by atoms with E-state index < -0.39 is 0 Å². The van der Waals surface area contributed by atoms with Crippen LogP contribution in [0.15, 0.2) is 27.1 Å². The molecule has 124 valence electrons. The number of hydrogen-bond acceptors (Lipinski definition) is 5. The maximum atomic E-state index is 12.6. The number of furan rings is 1. The molecular weight excluding hydrogens is 296 g/mol. The van der Waals surface area contributed by atoms with Crippen LogP contribution in [-0.4, -0.2) is 29.1 Å². The number of carbonyl (C=O) groups excluding carboxylic acids is 1. The molecule has 6 nitrogen and oxygen atoms in total. The van der Waals surface area contributed by atoms with Crippen molar-refractivity contribution in [1.82, 2.24) is 10.1 Å². The number of likely N-dealkylation sites (tertiary alicyclic amines) is 1. The molecule has 1 aliphatic heterocycles. The van der Waals surface area contributed by atoms with Gasteiger partial charge in [0.1, 0.15) is 17.3 Å². The van der Waals surface area contributed by atoms with E-state index in [1.165, 1.54) is 0 Å². The second kappa shape index (κ2) is 6.89. The van der Waals surface area contributed by atoms with Crippen LogP contribution in [0.3, 0.4) is 0 Å². The van der Waals surface area contributed by atoms with Crippen molar-refractivity contribution < 1.29 is 18.5 Å². The highest BCUT2D eigenvalue weighted by Crippen LogP contribution is 2.31. The van der Waals surface area contributed by atoms with Gasteiger partial charge in [0.15, 0.2) is 6.61 Å². The van der Waals surface area contributed by atoms with Crippen molar-refractivity contribution in [2.75, 3.05) is 13.2 Å². The monoisotopic (exact) mass is 318 g/mol. The average Bonchev–Trinajstić information content (AvgIpc) is 3.06. The van der Waals surface area contributed by atoms with Gasteiger partial charge in [0.05, 0.1) is 6.04 Å². The summed E-state index contributed by atoms with van der Waals surface area (Å²) in [5.74, 6) is 2.68. The van der Waals surface area contributed by atoms with Crippen LogP contribution >= 0.6 is 0 Å². The summed E-state index contributed by atoms with van der Waals surface area (Å²) in [6.07, 6.45) is 4.15. The molecule has 1 aliphatic rings. The Morgan fingerprint density at radius 1 is 1.30 bits per heavy atom. The summed E-state index contributed by atoms with van der Waals surface area (Å²) in [5.41, 5.74) is 0. The van der Waals surface area contributed by atoms with Crippen LogP contribution in [0.1, 0.15) is 49.0 Å². The van der Waals surface area contributed by atoms with E-state index in [4.69, 9.17) is 13.7 Å². The van der Waals surface area contributed by atoms with Crippen LogP contribution in [0, 0.1) is 13.8 Å². The highest BCUT2D eigenvalue weighted by atomic mass is 16.5. The summed E-state index contributed by atoms with van der Waals surface area (Å²) in [6.45, 7) is 4.39. The van der Waals surface area contributed by atoms with Gasteiger partial charge >= 0.3 is 0 Å². The molecule has 0 spiro atoms. The predicted molar refractivity (Wildman–Crippen MR) is 83.1 cm³/mol. The fourth-order valence-electron chi connectivity index (χ4n) is 2.97. The van der Waals surface area contributed by atoms with Crippen molar-refractivity contribution in [2.45, 2.75) is 45.6 Å². The van der Waals surface area contributed by atoms with Gasteiger partial charge in [0, 0.05) is 12.6 Å². The lowest BCUT2D eigenvalue weighted by molar-refractivity contribution is -0.136. The molecule has 1 saturated heterocycles. The van der Waals surface area contributed by atoms with E-state index in [1.807, 2.05) is 24.0 Å². The SMILES string of the molecule is Cc1cc(OCC(=O)N2CCCCCC2c2ccc(C)o2)no1. The molecule has 23 heavy (non-hydrogen) atoms. The van der Waals surface area contributed by atoms with Crippen LogP contribution < -0.4 is 4.74 Å². The molecule has 3 heterocycles. The normalized spacial score (nSPS) is 18.7. The average molecular weight is 318 g/mol. The fourth-order valence-corrected chi connectivity index (χ4v) is 2.97. The van der Waals surface area contributed by atoms with Crippen LogP contribution in [0.5, 0.6) is 5.88 Å². The van der Waals surface area contributed by atoms with E-state index in [-0.39, 0.29) is 18.6 Å². The van der Waals surface area contributed by atoms with Gasteiger partial charge in [0.2, 0.25) is 0 Å². The minimum atomic E-state index is -0.0494. The molecule has 2 aromatic rings. The van der Waals surface area contributed by atoms with E-state index >= 15 is 0 Å². The Morgan fingerprint density at radius 3 is 2.87 bits per heavy atom. The van der Waals surface area contributed by atoms with Gasteiger partial charge in [-0.15, -0.1) is 0 Å². The highest BCUT2D eigenvalue weighted by molar-refractivity contribution is 5.78. The minimum Gasteiger partial charge on any atom is -0.465 e. The standard InChI is InChI=1S/C17H22N2O4/c1-12-7-8-15(22-12)14-6-4-3-5-9-19(14)17(20)11-21-16-10-13(2)23-18-16/h7-8,10,14H,3-6,9,11H2,1-2H3. The number of ether oxygens (including phenoxy) is 1. The third kappa shape index (κ3) is 3.75. The zero-order valence-electron chi connectivity index (χ0n) is 13.6. The van der Waals surface area contributed by atoms with Crippen molar-refractivity contribution in [3.05, 3.63) is 35.5 Å². The van der Waals surface area contributed by atoms with Gasteiger partial charge in [-0.2, -0.15) is 0 Å². The van der Waals surface area contributed by atoms with E-state index in [1.54, 1.807) is 13.0 Å². The minimum absolute atomic E-state index is 0.0126. The fraction of sp³-hybridized carbons (Fsp3) is 0.529. The van der Waals surface area contributed by atoms with E-state index in [9.17, 15) is 4.79 Å². The number of nitrogens with zero attached hydrogens (tertiary/aromatic N) is 2. The lowest BCUT2D eigenvalue weighted by Crippen LogP contribution is -2.37. The van der Waals surface area contributed by atoms with Gasteiger partial charge in [-0.3, -0.25) is 4.79 Å². The van der Waals surface area contributed by atoms with Crippen molar-refractivity contribution in [3.63, 3.8) is 0 Å². The highest BCUT2D eigenvalue weighted by Gasteiger charge is 2.29. The summed E-state index contributed by atoms with van der Waals surface area (Å²) in [5, 5.41) is 3.75. The Labute approximate surface area is 135 Å². The van der Waals surface area contributed by atoms with Crippen molar-refractivity contribution >= 4 is 5.91 Å². The van der Waals surface area contributed by atoms with Gasteiger partial charge < -0.3 is 18.6 Å². The first-order chi connectivity index (χ1) is 11.1. The van der Waals surface area contributed by atoms with E-state index in [0.717, 1.165) is 43.7 Å². The quantitative estimate of drug-likeness (QED) is 0.864. The number of aromatic nitrogens is 1. The van der Waals surface area contributed by atoms with E-state index in [0.29, 0.717) is 11.6 Å². The number of hydrogen-bond donors (Lipinski definition) is 0. The second-order valence-corrected chi connectivity index (χ2v) is 5.97. The molecule has 0 N–H and O–H groups in total. The van der Waals surface area contributed by atoms with Crippen molar-refractivity contribution in [2.24, 2.45) is 0 Å². The molecule has 1 atom stereocenters. The Kier molecular flexibility index (Phi) is 4.69. The predicted octanol–water partition coefficient (Wildman–Crippen LogP) is 3.41. The molecule has 1 amide bonds. The Hall–Kier alpha value is -2.24. The third-order valence-corrected chi connectivity index (χ3v) is 4.11. The molecule has 3 rings (SSSR count). The summed E-state index contributed by atoms with van der Waals surface area (Å²) < 4.78 is 16.1. The second-order valence-electron chi connectivity index (χ2n) is 5.97. The Bertz CT molecular complexity index is 661. The zero-order chi connectivity index (χ0) is 16.2. The molecule has 0 aromatic carbocycles. The van der Waals surface area contributed by atoms with Gasteiger partial charge in [0.25, 0.3) is 11.8 Å². The van der Waals surface area contributed by atoms with Crippen molar-refractivity contribution in [1.29, 1.82) is 0 Å². The van der Waals surface area contributed by atoms with Crippen LogP contribution in [-0.2, 0) is 4.79 Å². The zero-order valence-corrected chi connectivity index (χ0v) is 13.6. The number of aryl methyl sites for hydroxylation is 2. The van der Waals surface area contributed by atoms with Crippen molar-refractivity contribution in [3.8, 4) is 5.88 Å². The topological polar surface area (TPSA) is 68.7 Å². The Morgan fingerprint density at radius 2 is 2.17 bits per heavy atom.